The van der Waals surface area contributed by atoms with Gasteiger partial charge in [0, 0.05) is 18.1 Å². The molecular formula is C26H35N5O5S. The van der Waals surface area contributed by atoms with Crippen LogP contribution in [0.1, 0.15) is 48.7 Å². The molecule has 37 heavy (non-hydrogen) atoms. The van der Waals surface area contributed by atoms with Crippen molar-refractivity contribution in [1.29, 1.82) is 0 Å². The SMILES string of the molecule is COc1c(NC(=O)c2ccc(C)c(N3CC(C4CCOC4)N=N3)c2)cc(C(C)(C)C)cc1NS(C)(=O)=O. The summed E-state index contributed by atoms with van der Waals surface area (Å²) in [5.74, 6) is 0.236. The summed E-state index contributed by atoms with van der Waals surface area (Å²) in [4.78, 5) is 13.4. The molecule has 2 unspecified atom stereocenters. The fourth-order valence-corrected chi connectivity index (χ4v) is 5.05. The van der Waals surface area contributed by atoms with Crippen molar-refractivity contribution in [3.05, 3.63) is 47.0 Å². The van der Waals surface area contributed by atoms with Crippen LogP contribution in [0.15, 0.2) is 40.7 Å². The molecule has 1 fully saturated rings. The molecule has 0 aliphatic carbocycles. The fraction of sp³-hybridized carbons (Fsp3) is 0.500. The van der Waals surface area contributed by atoms with Crippen LogP contribution in [0, 0.1) is 12.8 Å². The summed E-state index contributed by atoms with van der Waals surface area (Å²) in [6.45, 7) is 10.1. The van der Waals surface area contributed by atoms with E-state index < -0.39 is 10.0 Å². The number of carbonyl (C=O) groups excluding carboxylic acids is 1. The number of amides is 1. The van der Waals surface area contributed by atoms with E-state index in [9.17, 15) is 13.2 Å². The van der Waals surface area contributed by atoms with E-state index in [4.69, 9.17) is 9.47 Å². The molecule has 1 saturated heterocycles. The van der Waals surface area contributed by atoms with E-state index >= 15 is 0 Å². The number of hydrogen-bond acceptors (Lipinski definition) is 8. The number of sulfonamides is 1. The van der Waals surface area contributed by atoms with Crippen LogP contribution in [0.2, 0.25) is 0 Å². The molecule has 0 saturated carbocycles. The number of nitrogens with zero attached hydrogens (tertiary/aromatic N) is 3. The first-order valence-corrected chi connectivity index (χ1v) is 14.1. The Bertz CT molecular complexity index is 1310. The predicted molar refractivity (Wildman–Crippen MR) is 144 cm³/mol. The second-order valence-corrected chi connectivity index (χ2v) is 12.4. The van der Waals surface area contributed by atoms with Crippen molar-refractivity contribution in [2.24, 2.45) is 16.3 Å². The lowest BCUT2D eigenvalue weighted by molar-refractivity contribution is 0.102. The van der Waals surface area contributed by atoms with E-state index in [1.807, 2.05) is 44.8 Å². The van der Waals surface area contributed by atoms with E-state index in [0.29, 0.717) is 30.3 Å². The van der Waals surface area contributed by atoms with Crippen LogP contribution in [0.4, 0.5) is 17.1 Å². The van der Waals surface area contributed by atoms with Gasteiger partial charge in [0.05, 0.1) is 49.6 Å². The summed E-state index contributed by atoms with van der Waals surface area (Å²) in [5.41, 5.74) is 3.38. The van der Waals surface area contributed by atoms with Gasteiger partial charge in [-0.1, -0.05) is 32.1 Å². The first-order chi connectivity index (χ1) is 17.4. The minimum absolute atomic E-state index is 0.0737. The van der Waals surface area contributed by atoms with Gasteiger partial charge in [-0.15, -0.1) is 0 Å². The third-order valence-corrected chi connectivity index (χ3v) is 7.22. The highest BCUT2D eigenvalue weighted by Gasteiger charge is 2.32. The van der Waals surface area contributed by atoms with Crippen molar-refractivity contribution < 1.29 is 22.7 Å². The van der Waals surface area contributed by atoms with E-state index in [1.165, 1.54) is 7.11 Å². The zero-order valence-corrected chi connectivity index (χ0v) is 23.0. The Hall–Kier alpha value is -3.18. The maximum Gasteiger partial charge on any atom is 0.255 e. The molecule has 2 heterocycles. The Morgan fingerprint density at radius 2 is 1.92 bits per heavy atom. The highest BCUT2D eigenvalue weighted by molar-refractivity contribution is 7.92. The molecule has 0 spiro atoms. The van der Waals surface area contributed by atoms with Gasteiger partial charge in [0.1, 0.15) is 0 Å². The number of anilines is 3. The Labute approximate surface area is 218 Å². The quantitative estimate of drug-likeness (QED) is 0.544. The minimum Gasteiger partial charge on any atom is -0.492 e. The normalized spacial score (nSPS) is 19.8. The fourth-order valence-electron chi connectivity index (χ4n) is 4.50. The zero-order chi connectivity index (χ0) is 27.0. The third kappa shape index (κ3) is 6.22. The second kappa shape index (κ2) is 10.3. The minimum atomic E-state index is -3.58. The van der Waals surface area contributed by atoms with Gasteiger partial charge in [-0.2, -0.15) is 5.11 Å². The molecule has 2 aromatic rings. The van der Waals surface area contributed by atoms with Crippen molar-refractivity contribution in [3.63, 3.8) is 0 Å². The number of nitrogens with one attached hydrogen (secondary N) is 2. The first-order valence-electron chi connectivity index (χ1n) is 12.2. The lowest BCUT2D eigenvalue weighted by Crippen LogP contribution is -2.27. The van der Waals surface area contributed by atoms with E-state index in [0.717, 1.165) is 36.1 Å². The molecule has 2 aliphatic rings. The summed E-state index contributed by atoms with van der Waals surface area (Å²) in [7, 11) is -2.14. The second-order valence-electron chi connectivity index (χ2n) is 10.7. The largest absolute Gasteiger partial charge is 0.492 e. The van der Waals surface area contributed by atoms with Gasteiger partial charge in [0.25, 0.3) is 5.91 Å². The standard InChI is InChI=1S/C26H35N5O5S/c1-16-7-8-17(11-23(16)31-14-22(28-30-31)18-9-10-36-15-18)25(32)27-20-12-19(26(2,3)4)13-21(24(20)35-5)29-37(6,33)34/h7-8,11-13,18,22,29H,9-10,14-15H2,1-6H3,(H,27,32). The topological polar surface area (TPSA) is 122 Å². The average Bonchev–Trinajstić information content (AvgIpc) is 3.50. The van der Waals surface area contributed by atoms with Crippen LogP contribution in [0.25, 0.3) is 0 Å². The van der Waals surface area contributed by atoms with Crippen molar-refractivity contribution in [2.45, 2.75) is 45.6 Å². The Morgan fingerprint density at radius 1 is 1.19 bits per heavy atom. The monoisotopic (exact) mass is 529 g/mol. The third-order valence-electron chi connectivity index (χ3n) is 6.63. The van der Waals surface area contributed by atoms with E-state index in [-0.39, 0.29) is 28.8 Å². The number of rotatable bonds is 7. The zero-order valence-electron chi connectivity index (χ0n) is 22.2. The van der Waals surface area contributed by atoms with Crippen LogP contribution < -0.4 is 19.8 Å². The molecule has 200 valence electrons. The highest BCUT2D eigenvalue weighted by atomic mass is 32.2. The molecule has 2 aliphatic heterocycles. The molecular weight excluding hydrogens is 494 g/mol. The van der Waals surface area contributed by atoms with Gasteiger partial charge in [0.15, 0.2) is 5.75 Å². The Kier molecular flexibility index (Phi) is 7.48. The predicted octanol–water partition coefficient (Wildman–Crippen LogP) is 4.52. The molecule has 1 amide bonds. The lowest BCUT2D eigenvalue weighted by atomic mass is 9.86. The molecule has 0 bridgehead atoms. The van der Waals surface area contributed by atoms with Crippen molar-refractivity contribution in [3.8, 4) is 5.75 Å². The number of aryl methyl sites for hydroxylation is 1. The van der Waals surface area contributed by atoms with Crippen LogP contribution in [-0.2, 0) is 20.2 Å². The first kappa shape index (κ1) is 26.9. The Morgan fingerprint density at radius 3 is 2.54 bits per heavy atom. The van der Waals surface area contributed by atoms with Gasteiger partial charge in [0.2, 0.25) is 10.0 Å². The smallest absolute Gasteiger partial charge is 0.255 e. The molecule has 10 nitrogen and oxygen atoms in total. The molecule has 0 aromatic heterocycles. The lowest BCUT2D eigenvalue weighted by Gasteiger charge is -2.24. The number of benzene rings is 2. The summed E-state index contributed by atoms with van der Waals surface area (Å²) in [6, 6.07) is 9.04. The van der Waals surface area contributed by atoms with Crippen molar-refractivity contribution in [2.75, 3.05) is 48.2 Å². The number of carbonyl (C=O) groups is 1. The van der Waals surface area contributed by atoms with Gasteiger partial charge in [-0.05, 0) is 54.2 Å². The summed E-state index contributed by atoms with van der Waals surface area (Å²) < 4.78 is 37.5. The average molecular weight is 530 g/mol. The van der Waals surface area contributed by atoms with Crippen molar-refractivity contribution >= 4 is 33.0 Å². The summed E-state index contributed by atoms with van der Waals surface area (Å²) >= 11 is 0. The molecule has 2 aromatic carbocycles. The molecule has 4 rings (SSSR count). The number of ether oxygens (including phenoxy) is 2. The number of hydrogen-bond donors (Lipinski definition) is 2. The summed E-state index contributed by atoms with van der Waals surface area (Å²) in [6.07, 6.45) is 2.05. The maximum absolute atomic E-state index is 13.4. The number of methoxy groups -OCH3 is 1. The van der Waals surface area contributed by atoms with E-state index in [2.05, 4.69) is 20.4 Å². The van der Waals surface area contributed by atoms with Gasteiger partial charge >= 0.3 is 0 Å². The van der Waals surface area contributed by atoms with Crippen LogP contribution in [0.3, 0.4) is 0 Å². The van der Waals surface area contributed by atoms with Crippen molar-refractivity contribution in [1.82, 2.24) is 0 Å². The molecule has 11 heteroatoms. The highest BCUT2D eigenvalue weighted by Crippen LogP contribution is 2.39. The van der Waals surface area contributed by atoms with Gasteiger partial charge in [-0.3, -0.25) is 9.52 Å². The maximum atomic E-state index is 13.4. The van der Waals surface area contributed by atoms with Crippen LogP contribution >= 0.6 is 0 Å². The van der Waals surface area contributed by atoms with Gasteiger partial charge in [-0.25, -0.2) is 13.4 Å². The van der Waals surface area contributed by atoms with Crippen LogP contribution in [0.5, 0.6) is 5.75 Å². The molecule has 0 radical (unpaired) electrons. The van der Waals surface area contributed by atoms with Crippen LogP contribution in [-0.4, -0.2) is 53.5 Å². The molecule has 2 atom stereocenters. The molecule has 2 N–H and O–H groups in total. The van der Waals surface area contributed by atoms with E-state index in [1.54, 1.807) is 18.2 Å². The summed E-state index contributed by atoms with van der Waals surface area (Å²) in [5, 5.41) is 13.6. The Balaban J connectivity index is 1.62. The van der Waals surface area contributed by atoms with Gasteiger partial charge < -0.3 is 14.8 Å².